The quantitative estimate of drug-likeness (QED) is 0.539. The van der Waals surface area contributed by atoms with Crippen molar-refractivity contribution in [3.05, 3.63) is 78.1 Å². The second-order valence-corrected chi connectivity index (χ2v) is 6.22. The van der Waals surface area contributed by atoms with Crippen molar-refractivity contribution < 1.29 is 13.6 Å². The number of hydrogen-bond acceptors (Lipinski definition) is 3. The number of nitrogens with one attached hydrogen (secondary N) is 2. The lowest BCUT2D eigenvalue weighted by Gasteiger charge is -2.02. The van der Waals surface area contributed by atoms with E-state index in [4.69, 9.17) is 4.42 Å². The molecule has 2 aromatic carbocycles. The van der Waals surface area contributed by atoms with E-state index >= 15 is 0 Å². The fraction of sp³-hybridized carbons (Fsp3) is 0.143. The van der Waals surface area contributed by atoms with E-state index < -0.39 is 0 Å². The first-order valence-electron chi connectivity index (χ1n) is 8.73. The van der Waals surface area contributed by atoms with Gasteiger partial charge in [-0.3, -0.25) is 4.79 Å². The molecule has 0 aliphatic rings. The van der Waals surface area contributed by atoms with Gasteiger partial charge in [0.05, 0.1) is 23.1 Å². The first kappa shape index (κ1) is 17.0. The van der Waals surface area contributed by atoms with Crippen LogP contribution < -0.4 is 5.32 Å². The summed E-state index contributed by atoms with van der Waals surface area (Å²) in [5.41, 5.74) is 2.23. The van der Waals surface area contributed by atoms with Gasteiger partial charge in [0, 0.05) is 12.8 Å². The highest BCUT2D eigenvalue weighted by molar-refractivity contribution is 5.77. The molecule has 6 heteroatoms. The Kier molecular flexibility index (Phi) is 4.70. The topological polar surface area (TPSA) is 70.9 Å². The van der Waals surface area contributed by atoms with Gasteiger partial charge in [0.2, 0.25) is 5.91 Å². The Hall–Kier alpha value is -3.41. The predicted octanol–water partition coefficient (Wildman–Crippen LogP) is 4.21. The van der Waals surface area contributed by atoms with Crippen LogP contribution in [0.15, 0.2) is 65.1 Å². The third-order valence-electron chi connectivity index (χ3n) is 4.29. The van der Waals surface area contributed by atoms with Gasteiger partial charge in [-0.15, -0.1) is 0 Å². The van der Waals surface area contributed by atoms with Crippen LogP contribution in [0.4, 0.5) is 4.39 Å². The second-order valence-electron chi connectivity index (χ2n) is 6.22. The Balaban J connectivity index is 1.31. The molecule has 1 amide bonds. The number of imidazole rings is 1. The summed E-state index contributed by atoms with van der Waals surface area (Å²) in [5.74, 6) is 1.39. The molecule has 0 unspecified atom stereocenters. The normalized spacial score (nSPS) is 11.0. The van der Waals surface area contributed by atoms with Crippen LogP contribution in [0.3, 0.4) is 0 Å². The van der Waals surface area contributed by atoms with E-state index in [0.29, 0.717) is 35.9 Å². The number of aromatic nitrogens is 2. The van der Waals surface area contributed by atoms with Crippen LogP contribution in [-0.2, 0) is 17.8 Å². The third kappa shape index (κ3) is 3.89. The summed E-state index contributed by atoms with van der Waals surface area (Å²) < 4.78 is 19.5. The van der Waals surface area contributed by atoms with Gasteiger partial charge in [-0.1, -0.05) is 24.3 Å². The molecule has 0 spiro atoms. The number of aromatic amines is 1. The molecule has 0 fully saturated rings. The van der Waals surface area contributed by atoms with E-state index in [1.807, 2.05) is 24.3 Å². The average Bonchev–Trinajstić information content (AvgIpc) is 3.31. The number of carbonyl (C=O) groups is 1. The predicted molar refractivity (Wildman–Crippen MR) is 100 cm³/mol. The highest BCUT2D eigenvalue weighted by atomic mass is 19.1. The Labute approximate surface area is 155 Å². The lowest BCUT2D eigenvalue weighted by atomic mass is 10.1. The maximum absolute atomic E-state index is 13.8. The van der Waals surface area contributed by atoms with Crippen LogP contribution in [0.25, 0.3) is 22.4 Å². The third-order valence-corrected chi connectivity index (χ3v) is 4.29. The number of nitrogens with zero attached hydrogens (tertiary/aromatic N) is 1. The standard InChI is InChI=1S/C21H18FN3O2/c22-16-6-2-1-5-15(16)19-11-9-14(27-19)10-12-21(26)23-13-20-24-17-7-3-4-8-18(17)25-20/h1-9,11H,10,12-13H2,(H,23,26)(H,24,25). The van der Waals surface area contributed by atoms with Crippen LogP contribution in [0.2, 0.25) is 0 Å². The molecule has 2 N–H and O–H groups in total. The van der Waals surface area contributed by atoms with Crippen LogP contribution in [0.1, 0.15) is 18.0 Å². The summed E-state index contributed by atoms with van der Waals surface area (Å²) >= 11 is 0. The molecule has 27 heavy (non-hydrogen) atoms. The number of benzene rings is 2. The molecule has 0 aliphatic heterocycles. The lowest BCUT2D eigenvalue weighted by Crippen LogP contribution is -2.23. The van der Waals surface area contributed by atoms with Gasteiger partial charge in [0.1, 0.15) is 23.2 Å². The zero-order valence-electron chi connectivity index (χ0n) is 14.5. The van der Waals surface area contributed by atoms with E-state index in [0.717, 1.165) is 11.0 Å². The van der Waals surface area contributed by atoms with Gasteiger partial charge in [0.15, 0.2) is 0 Å². The van der Waals surface area contributed by atoms with Crippen molar-refractivity contribution in [2.24, 2.45) is 0 Å². The Morgan fingerprint density at radius 3 is 2.74 bits per heavy atom. The number of carbonyl (C=O) groups excluding carboxylic acids is 1. The van der Waals surface area contributed by atoms with E-state index in [1.54, 1.807) is 30.3 Å². The van der Waals surface area contributed by atoms with Crippen LogP contribution in [0, 0.1) is 5.82 Å². The molecule has 0 saturated heterocycles. The van der Waals surface area contributed by atoms with Crippen LogP contribution in [0.5, 0.6) is 0 Å². The van der Waals surface area contributed by atoms with Gasteiger partial charge in [0.25, 0.3) is 0 Å². The van der Waals surface area contributed by atoms with Gasteiger partial charge in [-0.05, 0) is 36.4 Å². The monoisotopic (exact) mass is 363 g/mol. The fourth-order valence-corrected chi connectivity index (χ4v) is 2.91. The molecule has 0 saturated carbocycles. The molecule has 0 radical (unpaired) electrons. The smallest absolute Gasteiger partial charge is 0.220 e. The first-order chi connectivity index (χ1) is 13.2. The van der Waals surface area contributed by atoms with Crippen molar-refractivity contribution in [1.82, 2.24) is 15.3 Å². The van der Waals surface area contributed by atoms with Gasteiger partial charge < -0.3 is 14.7 Å². The Bertz CT molecular complexity index is 1050. The van der Waals surface area contributed by atoms with Crippen molar-refractivity contribution in [3.8, 4) is 11.3 Å². The summed E-state index contributed by atoms with van der Waals surface area (Å²) in [6.45, 7) is 0.339. The van der Waals surface area contributed by atoms with Crippen molar-refractivity contribution >= 4 is 16.9 Å². The molecule has 0 aliphatic carbocycles. The van der Waals surface area contributed by atoms with E-state index in [-0.39, 0.29) is 18.1 Å². The zero-order chi connectivity index (χ0) is 18.6. The summed E-state index contributed by atoms with van der Waals surface area (Å²) in [7, 11) is 0. The summed E-state index contributed by atoms with van der Waals surface area (Å²) in [5, 5.41) is 2.84. The van der Waals surface area contributed by atoms with Crippen LogP contribution in [-0.4, -0.2) is 15.9 Å². The second kappa shape index (κ2) is 7.45. The molecule has 4 rings (SSSR count). The summed E-state index contributed by atoms with van der Waals surface area (Å²) in [6, 6.07) is 17.7. The van der Waals surface area contributed by atoms with Gasteiger partial charge in [-0.25, -0.2) is 9.37 Å². The SMILES string of the molecule is O=C(CCc1ccc(-c2ccccc2F)o1)NCc1nc2ccccc2[nH]1. The number of H-pyrrole nitrogens is 1. The highest BCUT2D eigenvalue weighted by Crippen LogP contribution is 2.25. The molecular formula is C21H18FN3O2. The summed E-state index contributed by atoms with van der Waals surface area (Å²) in [4.78, 5) is 19.7. The van der Waals surface area contributed by atoms with Crippen molar-refractivity contribution in [2.75, 3.05) is 0 Å². The number of furan rings is 1. The minimum absolute atomic E-state index is 0.0979. The lowest BCUT2D eigenvalue weighted by molar-refractivity contribution is -0.121. The molecule has 2 heterocycles. The van der Waals surface area contributed by atoms with E-state index in [9.17, 15) is 9.18 Å². The molecule has 0 bridgehead atoms. The van der Waals surface area contributed by atoms with Gasteiger partial charge in [-0.2, -0.15) is 0 Å². The fourth-order valence-electron chi connectivity index (χ4n) is 2.91. The molecule has 0 atom stereocenters. The molecule has 136 valence electrons. The molecular weight excluding hydrogens is 345 g/mol. The van der Waals surface area contributed by atoms with Crippen molar-refractivity contribution in [2.45, 2.75) is 19.4 Å². The Morgan fingerprint density at radius 1 is 1.07 bits per heavy atom. The van der Waals surface area contributed by atoms with E-state index in [2.05, 4.69) is 15.3 Å². The van der Waals surface area contributed by atoms with Crippen molar-refractivity contribution in [1.29, 1.82) is 0 Å². The number of aryl methyl sites for hydroxylation is 1. The molecule has 4 aromatic rings. The number of fused-ring (bicyclic) bond motifs is 1. The Morgan fingerprint density at radius 2 is 1.89 bits per heavy atom. The van der Waals surface area contributed by atoms with E-state index in [1.165, 1.54) is 6.07 Å². The number of hydrogen-bond donors (Lipinski definition) is 2. The molecule has 2 aromatic heterocycles. The first-order valence-corrected chi connectivity index (χ1v) is 8.73. The number of amides is 1. The van der Waals surface area contributed by atoms with Crippen LogP contribution >= 0.6 is 0 Å². The van der Waals surface area contributed by atoms with Gasteiger partial charge >= 0.3 is 0 Å². The van der Waals surface area contributed by atoms with Crippen molar-refractivity contribution in [3.63, 3.8) is 0 Å². The minimum Gasteiger partial charge on any atom is -0.461 e. The summed E-state index contributed by atoms with van der Waals surface area (Å²) in [6.07, 6.45) is 0.727. The molecule has 5 nitrogen and oxygen atoms in total. The average molecular weight is 363 g/mol. The number of rotatable bonds is 6. The number of halogens is 1. The largest absolute Gasteiger partial charge is 0.461 e. The zero-order valence-corrected chi connectivity index (χ0v) is 14.5. The number of para-hydroxylation sites is 2. The highest BCUT2D eigenvalue weighted by Gasteiger charge is 2.11. The maximum atomic E-state index is 13.8. The minimum atomic E-state index is -0.332. The maximum Gasteiger partial charge on any atom is 0.220 e.